The van der Waals surface area contributed by atoms with Gasteiger partial charge in [-0.15, -0.1) is 0 Å². The molecule has 0 saturated heterocycles. The molecule has 0 radical (unpaired) electrons. The number of nitrogens with two attached hydrogens (primary N) is 1. The Balaban J connectivity index is 2.80. The first kappa shape index (κ1) is 12.3. The molecular weight excluding hydrogens is 220 g/mol. The molecule has 1 aromatic carbocycles. The van der Waals surface area contributed by atoms with Gasteiger partial charge in [-0.05, 0) is 6.07 Å². The van der Waals surface area contributed by atoms with Gasteiger partial charge in [0.05, 0.1) is 5.75 Å². The molecule has 1 rings (SSSR count). The Morgan fingerprint density at radius 3 is 2.81 bits per heavy atom. The van der Waals surface area contributed by atoms with E-state index in [9.17, 15) is 4.79 Å². The van der Waals surface area contributed by atoms with Crippen molar-refractivity contribution < 1.29 is 4.79 Å². The normalized spacial score (nSPS) is 9.06. The molecule has 82 valence electrons. The van der Waals surface area contributed by atoms with Crippen molar-refractivity contribution in [3.8, 4) is 11.8 Å². The zero-order chi connectivity index (χ0) is 12.0. The summed E-state index contributed by atoms with van der Waals surface area (Å²) in [4.78, 5) is 10.7. The van der Waals surface area contributed by atoms with Crippen LogP contribution in [-0.4, -0.2) is 16.7 Å². The average molecular weight is 232 g/mol. The molecule has 0 spiro atoms. The van der Waals surface area contributed by atoms with Crippen LogP contribution in [0.3, 0.4) is 0 Å². The third-order valence-electron chi connectivity index (χ3n) is 1.79. The Morgan fingerprint density at radius 1 is 1.50 bits per heavy atom. The van der Waals surface area contributed by atoms with E-state index in [1.165, 1.54) is 18.7 Å². The maximum absolute atomic E-state index is 10.7. The van der Waals surface area contributed by atoms with E-state index >= 15 is 0 Å². The van der Waals surface area contributed by atoms with Crippen LogP contribution >= 0.6 is 11.8 Å². The van der Waals surface area contributed by atoms with E-state index in [-0.39, 0.29) is 11.0 Å². The fraction of sp³-hybridized carbons (Fsp3) is 0.167. The molecule has 3 N–H and O–H groups in total. The van der Waals surface area contributed by atoms with E-state index in [1.807, 2.05) is 18.2 Å². The summed E-state index contributed by atoms with van der Waals surface area (Å²) in [6, 6.07) is 7.22. The van der Waals surface area contributed by atoms with Gasteiger partial charge in [-0.1, -0.05) is 41.8 Å². The highest BCUT2D eigenvalue weighted by molar-refractivity contribution is 8.13. The number of rotatable bonds is 2. The van der Waals surface area contributed by atoms with Crippen molar-refractivity contribution in [1.29, 1.82) is 5.41 Å². The van der Waals surface area contributed by atoms with Crippen LogP contribution in [0.15, 0.2) is 24.3 Å². The predicted molar refractivity (Wildman–Crippen MR) is 67.5 cm³/mol. The Labute approximate surface area is 98.9 Å². The van der Waals surface area contributed by atoms with Crippen LogP contribution in [0.5, 0.6) is 0 Å². The van der Waals surface area contributed by atoms with Crippen molar-refractivity contribution in [2.45, 2.75) is 6.92 Å². The van der Waals surface area contributed by atoms with E-state index in [0.717, 1.165) is 5.56 Å². The summed E-state index contributed by atoms with van der Waals surface area (Å²) in [6.45, 7) is 1.51. The van der Waals surface area contributed by atoms with Gasteiger partial charge >= 0.3 is 0 Å². The van der Waals surface area contributed by atoms with Crippen LogP contribution in [-0.2, 0) is 4.79 Å². The Hall–Kier alpha value is -1.73. The number of benzene rings is 1. The lowest BCUT2D eigenvalue weighted by molar-refractivity contribution is -0.109. The summed E-state index contributed by atoms with van der Waals surface area (Å²) in [7, 11) is 0. The third kappa shape index (κ3) is 3.79. The minimum atomic E-state index is 0.00382. The van der Waals surface area contributed by atoms with Crippen LogP contribution in [0.25, 0.3) is 0 Å². The fourth-order valence-corrected chi connectivity index (χ4v) is 1.44. The van der Waals surface area contributed by atoms with Crippen LogP contribution in [0.2, 0.25) is 0 Å². The minimum Gasteiger partial charge on any atom is -0.384 e. The SMILES string of the molecule is CC(=O)SCC#Cc1ccccc1C(=N)N. The first-order chi connectivity index (χ1) is 7.61. The van der Waals surface area contributed by atoms with Gasteiger partial charge < -0.3 is 5.73 Å². The first-order valence-electron chi connectivity index (χ1n) is 4.67. The second kappa shape index (κ2) is 5.99. The maximum atomic E-state index is 10.7. The Kier molecular flexibility index (Phi) is 4.62. The van der Waals surface area contributed by atoms with Gasteiger partial charge in [0.15, 0.2) is 5.12 Å². The van der Waals surface area contributed by atoms with Crippen molar-refractivity contribution in [2.75, 3.05) is 5.75 Å². The van der Waals surface area contributed by atoms with Crippen molar-refractivity contribution in [3.63, 3.8) is 0 Å². The first-order valence-corrected chi connectivity index (χ1v) is 5.65. The molecule has 0 aromatic heterocycles. The summed E-state index contributed by atoms with van der Waals surface area (Å²) in [5.41, 5.74) is 6.77. The van der Waals surface area contributed by atoms with Crippen LogP contribution in [0, 0.1) is 17.3 Å². The predicted octanol–water partition coefficient (Wildman–Crippen LogP) is 1.60. The summed E-state index contributed by atoms with van der Waals surface area (Å²) >= 11 is 1.17. The summed E-state index contributed by atoms with van der Waals surface area (Å²) in [6.07, 6.45) is 0. The van der Waals surface area contributed by atoms with Gasteiger partial charge in [0, 0.05) is 18.1 Å². The van der Waals surface area contributed by atoms with Gasteiger partial charge in [0.2, 0.25) is 0 Å². The lowest BCUT2D eigenvalue weighted by Gasteiger charge is -2.00. The Bertz CT molecular complexity index is 471. The number of carbonyl (C=O) groups excluding carboxylic acids is 1. The minimum absolute atomic E-state index is 0.00382. The van der Waals surface area contributed by atoms with E-state index in [4.69, 9.17) is 11.1 Å². The molecule has 0 unspecified atom stereocenters. The van der Waals surface area contributed by atoms with E-state index in [0.29, 0.717) is 11.3 Å². The highest BCUT2D eigenvalue weighted by Crippen LogP contribution is 2.06. The van der Waals surface area contributed by atoms with Crippen molar-refractivity contribution in [2.24, 2.45) is 5.73 Å². The van der Waals surface area contributed by atoms with Crippen LogP contribution < -0.4 is 5.73 Å². The monoisotopic (exact) mass is 232 g/mol. The van der Waals surface area contributed by atoms with Gasteiger partial charge in [-0.25, -0.2) is 0 Å². The van der Waals surface area contributed by atoms with Crippen molar-refractivity contribution >= 4 is 22.7 Å². The quantitative estimate of drug-likeness (QED) is 0.462. The number of nitrogen functional groups attached to an aromatic ring is 1. The average Bonchev–Trinajstić information content (AvgIpc) is 2.24. The largest absolute Gasteiger partial charge is 0.384 e. The van der Waals surface area contributed by atoms with Gasteiger partial charge in [-0.2, -0.15) is 0 Å². The topological polar surface area (TPSA) is 66.9 Å². The van der Waals surface area contributed by atoms with Gasteiger partial charge in [0.25, 0.3) is 0 Å². The highest BCUT2D eigenvalue weighted by atomic mass is 32.2. The molecule has 0 aliphatic carbocycles. The Morgan fingerprint density at radius 2 is 2.19 bits per heavy atom. The molecule has 0 aliphatic heterocycles. The molecule has 16 heavy (non-hydrogen) atoms. The molecular formula is C12H12N2OS. The lowest BCUT2D eigenvalue weighted by atomic mass is 10.1. The van der Waals surface area contributed by atoms with E-state index < -0.39 is 0 Å². The lowest BCUT2D eigenvalue weighted by Crippen LogP contribution is -2.12. The molecule has 0 fully saturated rings. The second-order valence-electron chi connectivity index (χ2n) is 3.04. The molecule has 1 aromatic rings. The van der Waals surface area contributed by atoms with E-state index in [2.05, 4.69) is 11.8 Å². The van der Waals surface area contributed by atoms with Crippen LogP contribution in [0.4, 0.5) is 0 Å². The number of nitrogens with one attached hydrogen (secondary N) is 1. The summed E-state index contributed by atoms with van der Waals surface area (Å²) in [5, 5.41) is 7.43. The standard InChI is InChI=1S/C12H12N2OS/c1-9(15)16-8-4-6-10-5-2-3-7-11(10)12(13)14/h2-3,5,7H,8H2,1H3,(H3,13,14). The number of amidine groups is 1. The van der Waals surface area contributed by atoms with Crippen molar-refractivity contribution in [3.05, 3.63) is 35.4 Å². The number of hydrogen-bond donors (Lipinski definition) is 2. The molecule has 0 saturated carbocycles. The fourth-order valence-electron chi connectivity index (χ4n) is 1.10. The second-order valence-corrected chi connectivity index (χ2v) is 4.19. The number of hydrogen-bond acceptors (Lipinski definition) is 3. The molecule has 0 bridgehead atoms. The number of thioether (sulfide) groups is 1. The van der Waals surface area contributed by atoms with Crippen LogP contribution in [0.1, 0.15) is 18.1 Å². The zero-order valence-electron chi connectivity index (χ0n) is 8.91. The number of carbonyl (C=O) groups is 1. The molecule has 4 heteroatoms. The molecule has 3 nitrogen and oxygen atoms in total. The molecule has 0 heterocycles. The highest BCUT2D eigenvalue weighted by Gasteiger charge is 2.00. The molecule has 0 aliphatic rings. The zero-order valence-corrected chi connectivity index (χ0v) is 9.73. The van der Waals surface area contributed by atoms with E-state index in [1.54, 1.807) is 6.07 Å². The summed E-state index contributed by atoms with van der Waals surface area (Å²) < 4.78 is 0. The molecule has 0 amide bonds. The maximum Gasteiger partial charge on any atom is 0.186 e. The van der Waals surface area contributed by atoms with Crippen molar-refractivity contribution in [1.82, 2.24) is 0 Å². The third-order valence-corrected chi connectivity index (χ3v) is 2.48. The van der Waals surface area contributed by atoms with Gasteiger partial charge in [-0.3, -0.25) is 10.2 Å². The smallest absolute Gasteiger partial charge is 0.186 e. The van der Waals surface area contributed by atoms with Gasteiger partial charge in [0.1, 0.15) is 5.84 Å². The summed E-state index contributed by atoms with van der Waals surface area (Å²) in [5.74, 6) is 6.24. The molecule has 0 atom stereocenters.